The third-order valence-electron chi connectivity index (χ3n) is 2.50. The highest BCUT2D eigenvalue weighted by Gasteiger charge is 2.04. The fraction of sp³-hybridized carbons (Fsp3) is 0.250. The van der Waals surface area contributed by atoms with Crippen LogP contribution >= 0.6 is 11.6 Å². The Morgan fingerprint density at radius 1 is 1.38 bits per heavy atom. The van der Waals surface area contributed by atoms with Crippen LogP contribution in [0.2, 0.25) is 0 Å². The molecule has 84 valence electrons. The van der Waals surface area contributed by atoms with Gasteiger partial charge in [-0.3, -0.25) is 4.79 Å². The molecule has 0 saturated heterocycles. The zero-order valence-electron chi connectivity index (χ0n) is 8.92. The van der Waals surface area contributed by atoms with Gasteiger partial charge < -0.3 is 9.72 Å². The number of aromatic amines is 1. The summed E-state index contributed by atoms with van der Waals surface area (Å²) in [5, 5.41) is 0.986. The Balaban J connectivity index is 2.70. The average Bonchev–Trinajstić information content (AvgIpc) is 2.29. The molecule has 2 rings (SSSR count). The number of hydrogen-bond acceptors (Lipinski definition) is 2. The zero-order valence-corrected chi connectivity index (χ0v) is 9.67. The van der Waals surface area contributed by atoms with Crippen molar-refractivity contribution in [2.45, 2.75) is 6.42 Å². The summed E-state index contributed by atoms with van der Waals surface area (Å²) in [4.78, 5) is 14.2. The second kappa shape index (κ2) is 4.58. The van der Waals surface area contributed by atoms with Gasteiger partial charge in [0.15, 0.2) is 0 Å². The molecule has 0 spiro atoms. The minimum atomic E-state index is -0.0993. The number of ether oxygens (including phenoxy) is 1. The van der Waals surface area contributed by atoms with E-state index in [1.54, 1.807) is 13.2 Å². The molecule has 1 aromatic heterocycles. The number of methoxy groups -OCH3 is 1. The highest BCUT2D eigenvalue weighted by molar-refractivity contribution is 6.18. The third kappa shape index (κ3) is 2.04. The van der Waals surface area contributed by atoms with Crippen LogP contribution in [0.3, 0.4) is 0 Å². The molecule has 3 nitrogen and oxygen atoms in total. The van der Waals surface area contributed by atoms with E-state index in [0.717, 1.165) is 22.2 Å². The number of hydrogen-bond donors (Lipinski definition) is 1. The van der Waals surface area contributed by atoms with Crippen molar-refractivity contribution in [3.05, 3.63) is 40.2 Å². The molecular formula is C12H12ClNO2. The van der Waals surface area contributed by atoms with Gasteiger partial charge in [-0.15, -0.1) is 11.6 Å². The van der Waals surface area contributed by atoms with E-state index in [9.17, 15) is 4.79 Å². The number of pyridine rings is 1. The van der Waals surface area contributed by atoms with Crippen LogP contribution in [-0.2, 0) is 6.42 Å². The van der Waals surface area contributed by atoms with Crippen LogP contribution in [0.5, 0.6) is 5.75 Å². The molecule has 0 amide bonds. The third-order valence-corrected chi connectivity index (χ3v) is 2.69. The lowest BCUT2D eigenvalue weighted by atomic mass is 10.1. The van der Waals surface area contributed by atoms with Gasteiger partial charge in [0.05, 0.1) is 7.11 Å². The fourth-order valence-electron chi connectivity index (χ4n) is 1.74. The molecule has 16 heavy (non-hydrogen) atoms. The molecule has 4 heteroatoms. The van der Waals surface area contributed by atoms with Crippen LogP contribution in [0.15, 0.2) is 29.1 Å². The van der Waals surface area contributed by atoms with Crippen LogP contribution in [-0.4, -0.2) is 18.0 Å². The monoisotopic (exact) mass is 237 g/mol. The van der Waals surface area contributed by atoms with E-state index in [2.05, 4.69) is 4.98 Å². The molecule has 0 fully saturated rings. The number of nitrogens with one attached hydrogen (secondary N) is 1. The van der Waals surface area contributed by atoms with E-state index in [1.807, 2.05) is 18.2 Å². The quantitative estimate of drug-likeness (QED) is 0.833. The Labute approximate surface area is 98.0 Å². The number of fused-ring (bicyclic) bond motifs is 1. The van der Waals surface area contributed by atoms with Crippen molar-refractivity contribution < 1.29 is 4.74 Å². The molecule has 0 aliphatic carbocycles. The van der Waals surface area contributed by atoms with Gasteiger partial charge in [0.2, 0.25) is 5.56 Å². The van der Waals surface area contributed by atoms with Crippen LogP contribution in [0.4, 0.5) is 0 Å². The summed E-state index contributed by atoms with van der Waals surface area (Å²) in [6.07, 6.45) is 0.676. The SMILES string of the molecule is COc1ccc2[nH]c(=O)cc(CCCl)c2c1. The summed E-state index contributed by atoms with van der Waals surface area (Å²) in [6.45, 7) is 0. The smallest absolute Gasteiger partial charge is 0.248 e. The first-order valence-electron chi connectivity index (χ1n) is 5.00. The average molecular weight is 238 g/mol. The molecule has 1 heterocycles. The van der Waals surface area contributed by atoms with Gasteiger partial charge in [-0.05, 0) is 30.2 Å². The summed E-state index contributed by atoms with van der Waals surface area (Å²) < 4.78 is 5.16. The van der Waals surface area contributed by atoms with Crippen molar-refractivity contribution in [1.29, 1.82) is 0 Å². The van der Waals surface area contributed by atoms with Gasteiger partial charge in [-0.1, -0.05) is 0 Å². The van der Waals surface area contributed by atoms with Crippen molar-refractivity contribution in [2.24, 2.45) is 0 Å². The summed E-state index contributed by atoms with van der Waals surface area (Å²) in [6, 6.07) is 7.16. The van der Waals surface area contributed by atoms with Gasteiger partial charge in [-0.2, -0.15) is 0 Å². The number of benzene rings is 1. The van der Waals surface area contributed by atoms with Crippen LogP contribution in [0, 0.1) is 0 Å². The van der Waals surface area contributed by atoms with E-state index in [-0.39, 0.29) is 5.56 Å². The lowest BCUT2D eigenvalue weighted by Crippen LogP contribution is -2.07. The van der Waals surface area contributed by atoms with Gasteiger partial charge in [-0.25, -0.2) is 0 Å². The van der Waals surface area contributed by atoms with Gasteiger partial charge in [0.25, 0.3) is 0 Å². The van der Waals surface area contributed by atoms with Gasteiger partial charge in [0, 0.05) is 22.8 Å². The van der Waals surface area contributed by atoms with E-state index < -0.39 is 0 Å². The molecule has 0 aliphatic heterocycles. The molecule has 0 saturated carbocycles. The molecule has 0 radical (unpaired) electrons. The first-order chi connectivity index (χ1) is 7.74. The van der Waals surface area contributed by atoms with Gasteiger partial charge in [0.1, 0.15) is 5.75 Å². The minimum Gasteiger partial charge on any atom is -0.497 e. The van der Waals surface area contributed by atoms with E-state index in [4.69, 9.17) is 16.3 Å². The minimum absolute atomic E-state index is 0.0993. The lowest BCUT2D eigenvalue weighted by molar-refractivity contribution is 0.415. The Kier molecular flexibility index (Phi) is 3.15. The Morgan fingerprint density at radius 2 is 2.19 bits per heavy atom. The maximum Gasteiger partial charge on any atom is 0.248 e. The molecular weight excluding hydrogens is 226 g/mol. The maximum atomic E-state index is 11.4. The summed E-state index contributed by atoms with van der Waals surface area (Å²) >= 11 is 5.72. The second-order valence-electron chi connectivity index (χ2n) is 3.51. The largest absolute Gasteiger partial charge is 0.497 e. The number of halogens is 1. The van der Waals surface area contributed by atoms with Gasteiger partial charge >= 0.3 is 0 Å². The van der Waals surface area contributed by atoms with Crippen molar-refractivity contribution in [1.82, 2.24) is 4.98 Å². The first kappa shape index (κ1) is 11.0. The molecule has 1 N–H and O–H groups in total. The molecule has 2 aromatic rings. The molecule has 0 aliphatic rings. The van der Waals surface area contributed by atoms with Crippen molar-refractivity contribution in [2.75, 3.05) is 13.0 Å². The predicted octanol–water partition coefficient (Wildman–Crippen LogP) is 2.32. The standard InChI is InChI=1S/C12H12ClNO2/c1-16-9-2-3-11-10(7-9)8(4-5-13)6-12(15)14-11/h2-3,6-7H,4-5H2,1H3,(H,14,15). The van der Waals surface area contributed by atoms with E-state index >= 15 is 0 Å². The molecule has 0 atom stereocenters. The van der Waals surface area contributed by atoms with Crippen LogP contribution < -0.4 is 10.3 Å². The topological polar surface area (TPSA) is 42.1 Å². The van der Waals surface area contributed by atoms with Crippen LogP contribution in [0.1, 0.15) is 5.56 Å². The van der Waals surface area contributed by atoms with Crippen molar-refractivity contribution in [3.8, 4) is 5.75 Å². The zero-order chi connectivity index (χ0) is 11.5. The Hall–Kier alpha value is -1.48. The first-order valence-corrected chi connectivity index (χ1v) is 5.54. The normalized spacial score (nSPS) is 10.6. The highest BCUT2D eigenvalue weighted by Crippen LogP contribution is 2.21. The number of aromatic nitrogens is 1. The van der Waals surface area contributed by atoms with Crippen molar-refractivity contribution >= 4 is 22.5 Å². The Bertz CT molecular complexity index is 562. The number of alkyl halides is 1. The molecule has 0 unspecified atom stereocenters. The predicted molar refractivity (Wildman–Crippen MR) is 65.5 cm³/mol. The number of aryl methyl sites for hydroxylation is 1. The second-order valence-corrected chi connectivity index (χ2v) is 3.89. The van der Waals surface area contributed by atoms with Crippen LogP contribution in [0.25, 0.3) is 10.9 Å². The lowest BCUT2D eigenvalue weighted by Gasteiger charge is -2.06. The maximum absolute atomic E-state index is 11.4. The van der Waals surface area contributed by atoms with Crippen molar-refractivity contribution in [3.63, 3.8) is 0 Å². The summed E-state index contributed by atoms with van der Waals surface area (Å²) in [7, 11) is 1.62. The molecule has 1 aromatic carbocycles. The van der Waals surface area contributed by atoms with E-state index in [1.165, 1.54) is 0 Å². The number of rotatable bonds is 3. The summed E-state index contributed by atoms with van der Waals surface area (Å²) in [5.74, 6) is 1.27. The number of H-pyrrole nitrogens is 1. The molecule has 0 bridgehead atoms. The fourth-order valence-corrected chi connectivity index (χ4v) is 1.94. The Morgan fingerprint density at radius 3 is 2.88 bits per heavy atom. The summed E-state index contributed by atoms with van der Waals surface area (Å²) in [5.41, 5.74) is 1.67. The highest BCUT2D eigenvalue weighted by atomic mass is 35.5. The van der Waals surface area contributed by atoms with E-state index in [0.29, 0.717) is 12.3 Å².